The topological polar surface area (TPSA) is 88.7 Å². The van der Waals surface area contributed by atoms with E-state index in [9.17, 15) is 4.79 Å². The molecule has 0 spiro atoms. The molecule has 1 aliphatic rings. The second kappa shape index (κ2) is 9.42. The molecule has 1 amide bonds. The largest absolute Gasteiger partial charge is 0.488 e. The van der Waals surface area contributed by atoms with Crippen LogP contribution in [0.15, 0.2) is 53.5 Å². The maximum atomic E-state index is 11.1. The Kier molecular flexibility index (Phi) is 7.26. The standard InChI is InChI=1S/C19H22N4O2.HI/c1-21-19(22-11-13-6-8-14(9-7-13)18(20)24)23-12-16-10-15-4-2-3-5-17(15)25-16;/h2-9,16H,10-12H2,1H3,(H2,20,24)(H2,21,22,23);1H. The number of benzene rings is 2. The summed E-state index contributed by atoms with van der Waals surface area (Å²) < 4.78 is 5.91. The summed E-state index contributed by atoms with van der Waals surface area (Å²) in [7, 11) is 1.73. The molecule has 0 aromatic heterocycles. The summed E-state index contributed by atoms with van der Waals surface area (Å²) in [5.74, 6) is 1.25. The van der Waals surface area contributed by atoms with Gasteiger partial charge in [-0.25, -0.2) is 0 Å². The van der Waals surface area contributed by atoms with Gasteiger partial charge in [0.05, 0.1) is 6.54 Å². The number of guanidine groups is 1. The lowest BCUT2D eigenvalue weighted by atomic mass is 10.1. The summed E-state index contributed by atoms with van der Waals surface area (Å²) in [6.07, 6.45) is 1.00. The van der Waals surface area contributed by atoms with Gasteiger partial charge in [0.25, 0.3) is 0 Å². The van der Waals surface area contributed by atoms with Crippen molar-refractivity contribution in [2.24, 2.45) is 10.7 Å². The fraction of sp³-hybridized carbons (Fsp3) is 0.263. The van der Waals surface area contributed by atoms with E-state index >= 15 is 0 Å². The molecule has 1 atom stereocenters. The molecule has 6 nitrogen and oxygen atoms in total. The number of hydrogen-bond donors (Lipinski definition) is 3. The molecule has 3 rings (SSSR count). The molecule has 0 saturated carbocycles. The molecule has 2 aromatic rings. The van der Waals surface area contributed by atoms with Gasteiger partial charge in [0, 0.05) is 25.6 Å². The minimum atomic E-state index is -0.422. The van der Waals surface area contributed by atoms with Crippen LogP contribution in [0.2, 0.25) is 0 Å². The number of carbonyl (C=O) groups is 1. The van der Waals surface area contributed by atoms with Crippen molar-refractivity contribution in [1.82, 2.24) is 10.6 Å². The third-order valence-electron chi connectivity index (χ3n) is 4.13. The number of carbonyl (C=O) groups excluding carboxylic acids is 1. The van der Waals surface area contributed by atoms with Crippen LogP contribution in [0.25, 0.3) is 0 Å². The molecule has 0 aliphatic carbocycles. The average Bonchev–Trinajstić information content (AvgIpc) is 3.05. The van der Waals surface area contributed by atoms with Gasteiger partial charge in [-0.1, -0.05) is 30.3 Å². The fourth-order valence-electron chi connectivity index (χ4n) is 2.77. The van der Waals surface area contributed by atoms with Crippen molar-refractivity contribution in [3.8, 4) is 5.75 Å². The van der Waals surface area contributed by atoms with Gasteiger partial charge in [0.1, 0.15) is 11.9 Å². The van der Waals surface area contributed by atoms with E-state index in [-0.39, 0.29) is 30.1 Å². The first-order valence-electron chi connectivity index (χ1n) is 8.23. The summed E-state index contributed by atoms with van der Waals surface area (Å²) in [5.41, 5.74) is 8.03. The Morgan fingerprint density at radius 1 is 1.19 bits per heavy atom. The van der Waals surface area contributed by atoms with Crippen LogP contribution < -0.4 is 21.1 Å². The second-order valence-corrected chi connectivity index (χ2v) is 5.92. The lowest BCUT2D eigenvalue weighted by molar-refractivity contribution is 0.100. The van der Waals surface area contributed by atoms with E-state index in [2.05, 4.69) is 21.7 Å². The summed E-state index contributed by atoms with van der Waals surface area (Å²) >= 11 is 0. The Bertz CT molecular complexity index is 752. The third kappa shape index (κ3) is 5.10. The molecular formula is C19H23IN4O2. The summed E-state index contributed by atoms with van der Waals surface area (Å²) in [4.78, 5) is 15.3. The van der Waals surface area contributed by atoms with Crippen molar-refractivity contribution < 1.29 is 9.53 Å². The number of nitrogens with zero attached hydrogens (tertiary/aromatic N) is 1. The lowest BCUT2D eigenvalue weighted by Crippen LogP contribution is -2.41. The zero-order valence-corrected chi connectivity index (χ0v) is 16.9. The first-order chi connectivity index (χ1) is 12.2. The average molecular weight is 466 g/mol. The van der Waals surface area contributed by atoms with Crippen molar-refractivity contribution in [2.45, 2.75) is 19.1 Å². The quantitative estimate of drug-likeness (QED) is 0.358. The second-order valence-electron chi connectivity index (χ2n) is 5.92. The normalized spacial score (nSPS) is 15.4. The molecule has 7 heteroatoms. The summed E-state index contributed by atoms with van der Waals surface area (Å²) in [6, 6.07) is 15.3. The molecule has 0 bridgehead atoms. The van der Waals surface area contributed by atoms with Crippen LogP contribution in [0.4, 0.5) is 0 Å². The van der Waals surface area contributed by atoms with E-state index < -0.39 is 5.91 Å². The van der Waals surface area contributed by atoms with Crippen LogP contribution in [0.5, 0.6) is 5.75 Å². The number of amides is 1. The van der Waals surface area contributed by atoms with Gasteiger partial charge < -0.3 is 21.1 Å². The third-order valence-corrected chi connectivity index (χ3v) is 4.13. The maximum Gasteiger partial charge on any atom is 0.248 e. The smallest absolute Gasteiger partial charge is 0.248 e. The number of fused-ring (bicyclic) bond motifs is 1. The number of primary amides is 1. The van der Waals surface area contributed by atoms with Gasteiger partial charge in [-0.3, -0.25) is 9.79 Å². The number of rotatable bonds is 5. The highest BCUT2D eigenvalue weighted by Crippen LogP contribution is 2.27. The van der Waals surface area contributed by atoms with E-state index in [1.54, 1.807) is 19.2 Å². The molecule has 2 aromatic carbocycles. The molecular weight excluding hydrogens is 443 g/mol. The highest BCUT2D eigenvalue weighted by atomic mass is 127. The van der Waals surface area contributed by atoms with Crippen LogP contribution in [0, 0.1) is 0 Å². The highest BCUT2D eigenvalue weighted by Gasteiger charge is 2.22. The zero-order chi connectivity index (χ0) is 17.6. The Balaban J connectivity index is 0.00000243. The zero-order valence-electron chi connectivity index (χ0n) is 14.6. The van der Waals surface area contributed by atoms with Gasteiger partial charge in [-0.05, 0) is 29.3 Å². The number of para-hydroxylation sites is 1. The first kappa shape index (κ1) is 20.0. The number of ether oxygens (including phenoxy) is 1. The number of aliphatic imine (C=N–C) groups is 1. The van der Waals surface area contributed by atoms with E-state index in [0.717, 1.165) is 17.7 Å². The minimum absolute atomic E-state index is 0. The van der Waals surface area contributed by atoms with Gasteiger partial charge in [-0.2, -0.15) is 0 Å². The molecule has 1 heterocycles. The molecule has 1 unspecified atom stereocenters. The maximum absolute atomic E-state index is 11.1. The first-order valence-corrected chi connectivity index (χ1v) is 8.23. The van der Waals surface area contributed by atoms with Crippen molar-refractivity contribution in [2.75, 3.05) is 13.6 Å². The van der Waals surface area contributed by atoms with Gasteiger partial charge in [0.2, 0.25) is 5.91 Å². The Hall–Kier alpha value is -2.29. The molecule has 4 N–H and O–H groups in total. The number of nitrogens with one attached hydrogen (secondary N) is 2. The van der Waals surface area contributed by atoms with Crippen molar-refractivity contribution in [1.29, 1.82) is 0 Å². The summed E-state index contributed by atoms with van der Waals surface area (Å²) in [5, 5.41) is 6.53. The van der Waals surface area contributed by atoms with Gasteiger partial charge >= 0.3 is 0 Å². The lowest BCUT2D eigenvalue weighted by Gasteiger charge is -2.15. The Morgan fingerprint density at radius 3 is 2.58 bits per heavy atom. The van der Waals surface area contributed by atoms with Gasteiger partial charge in [0.15, 0.2) is 5.96 Å². The predicted octanol–water partition coefficient (Wildman–Crippen LogP) is 2.07. The molecule has 0 saturated heterocycles. The molecule has 138 valence electrons. The van der Waals surface area contributed by atoms with Crippen molar-refractivity contribution >= 4 is 35.8 Å². The van der Waals surface area contributed by atoms with Crippen LogP contribution >= 0.6 is 24.0 Å². The Morgan fingerprint density at radius 2 is 1.92 bits per heavy atom. The van der Waals surface area contributed by atoms with Crippen LogP contribution in [0.3, 0.4) is 0 Å². The van der Waals surface area contributed by atoms with E-state index in [0.29, 0.717) is 24.6 Å². The Labute approximate surface area is 170 Å². The predicted molar refractivity (Wildman–Crippen MR) is 113 cm³/mol. The van der Waals surface area contributed by atoms with Crippen LogP contribution in [0.1, 0.15) is 21.5 Å². The number of halogens is 1. The van der Waals surface area contributed by atoms with Crippen LogP contribution in [-0.4, -0.2) is 31.6 Å². The van der Waals surface area contributed by atoms with E-state index in [1.807, 2.05) is 30.3 Å². The molecule has 0 fully saturated rings. The summed E-state index contributed by atoms with van der Waals surface area (Å²) in [6.45, 7) is 1.28. The molecule has 26 heavy (non-hydrogen) atoms. The van der Waals surface area contributed by atoms with Crippen molar-refractivity contribution in [3.05, 3.63) is 65.2 Å². The number of hydrogen-bond acceptors (Lipinski definition) is 3. The van der Waals surface area contributed by atoms with Gasteiger partial charge in [-0.15, -0.1) is 24.0 Å². The number of nitrogens with two attached hydrogens (primary N) is 1. The molecule has 1 aliphatic heterocycles. The minimum Gasteiger partial charge on any atom is -0.488 e. The molecule has 0 radical (unpaired) electrons. The van der Waals surface area contributed by atoms with E-state index in [1.165, 1.54) is 5.56 Å². The monoisotopic (exact) mass is 466 g/mol. The van der Waals surface area contributed by atoms with E-state index in [4.69, 9.17) is 10.5 Å². The van der Waals surface area contributed by atoms with Crippen LogP contribution in [-0.2, 0) is 13.0 Å². The SMILES string of the molecule is CN=C(NCc1ccc(C(N)=O)cc1)NCC1Cc2ccccc2O1.I. The highest BCUT2D eigenvalue weighted by molar-refractivity contribution is 14.0. The van der Waals surface area contributed by atoms with Crippen molar-refractivity contribution in [3.63, 3.8) is 0 Å². The fourth-order valence-corrected chi connectivity index (χ4v) is 2.77.